The van der Waals surface area contributed by atoms with E-state index in [1.165, 1.54) is 31.5 Å². The second-order valence-electron chi connectivity index (χ2n) is 5.44. The highest BCUT2D eigenvalue weighted by atomic mass is 16.5. The van der Waals surface area contributed by atoms with Gasteiger partial charge in [-0.2, -0.15) is 0 Å². The first-order chi connectivity index (χ1) is 9.33. The van der Waals surface area contributed by atoms with Crippen molar-refractivity contribution in [3.8, 4) is 0 Å². The molecule has 0 amide bonds. The number of nitrogens with one attached hydrogen (secondary N) is 1. The topological polar surface area (TPSA) is 39.1 Å². The van der Waals surface area contributed by atoms with E-state index >= 15 is 0 Å². The van der Waals surface area contributed by atoms with Gasteiger partial charge >= 0.3 is 0 Å². The molecule has 4 nitrogen and oxygen atoms in total. The zero-order valence-electron chi connectivity index (χ0n) is 12.3. The molecule has 1 saturated heterocycles. The van der Waals surface area contributed by atoms with Gasteiger partial charge in [-0.15, -0.1) is 0 Å². The fraction of sp³-hybridized carbons (Fsp3) is 0.800. The van der Waals surface area contributed by atoms with Crippen molar-refractivity contribution in [1.82, 2.24) is 14.9 Å². The fourth-order valence-electron chi connectivity index (χ4n) is 2.80. The lowest BCUT2D eigenvalue weighted by molar-refractivity contribution is 0.0997. The number of rotatable bonds is 8. The minimum Gasteiger partial charge on any atom is -0.378 e. The Kier molecular flexibility index (Phi) is 5.86. The van der Waals surface area contributed by atoms with Gasteiger partial charge in [0.25, 0.3) is 0 Å². The molecule has 0 radical (unpaired) electrons. The Morgan fingerprint density at radius 3 is 3.16 bits per heavy atom. The maximum atomic E-state index is 5.70. The molecule has 1 aliphatic rings. The van der Waals surface area contributed by atoms with Crippen LogP contribution in [0.2, 0.25) is 0 Å². The Morgan fingerprint density at radius 2 is 2.47 bits per heavy atom. The summed E-state index contributed by atoms with van der Waals surface area (Å²) in [6.45, 7) is 4.23. The molecule has 1 aliphatic heterocycles. The maximum absolute atomic E-state index is 5.70. The van der Waals surface area contributed by atoms with Gasteiger partial charge in [-0.3, -0.25) is 0 Å². The molecule has 2 unspecified atom stereocenters. The molecular formula is C15H27N3O. The summed E-state index contributed by atoms with van der Waals surface area (Å²) in [4.78, 5) is 4.49. The number of imidazole rings is 1. The molecular weight excluding hydrogens is 238 g/mol. The number of aromatic nitrogens is 2. The van der Waals surface area contributed by atoms with E-state index in [-0.39, 0.29) is 0 Å². The number of aryl methyl sites for hydroxylation is 1. The van der Waals surface area contributed by atoms with Crippen LogP contribution in [0.3, 0.4) is 0 Å². The first kappa shape index (κ1) is 14.5. The number of nitrogens with zero attached hydrogens (tertiary/aromatic N) is 2. The van der Waals surface area contributed by atoms with Crippen molar-refractivity contribution in [1.29, 1.82) is 0 Å². The monoisotopic (exact) mass is 265 g/mol. The molecule has 1 fully saturated rings. The summed E-state index contributed by atoms with van der Waals surface area (Å²) in [5.74, 6) is 1.20. The average molecular weight is 265 g/mol. The van der Waals surface area contributed by atoms with E-state index in [0.717, 1.165) is 26.0 Å². The lowest BCUT2D eigenvalue weighted by atomic mass is 10.0. The third-order valence-corrected chi connectivity index (χ3v) is 3.96. The molecule has 0 bridgehead atoms. The summed E-state index contributed by atoms with van der Waals surface area (Å²) in [5, 5.41) is 3.42. The first-order valence-corrected chi connectivity index (χ1v) is 7.62. The highest BCUT2D eigenvalue weighted by molar-refractivity contribution is 4.95. The summed E-state index contributed by atoms with van der Waals surface area (Å²) < 4.78 is 7.97. The van der Waals surface area contributed by atoms with E-state index in [1.807, 2.05) is 13.2 Å². The molecule has 19 heavy (non-hydrogen) atoms. The predicted molar refractivity (Wildman–Crippen MR) is 77.3 cm³/mol. The second-order valence-corrected chi connectivity index (χ2v) is 5.44. The van der Waals surface area contributed by atoms with Gasteiger partial charge in [0.1, 0.15) is 5.82 Å². The summed E-state index contributed by atoms with van der Waals surface area (Å²) in [6, 6.07) is 0.502. The third kappa shape index (κ3) is 4.32. The normalized spacial score (nSPS) is 20.8. The molecule has 0 spiro atoms. The average Bonchev–Trinajstić information content (AvgIpc) is 3.07. The number of hydrogen-bond acceptors (Lipinski definition) is 3. The van der Waals surface area contributed by atoms with Crippen LogP contribution in [-0.4, -0.2) is 35.4 Å². The van der Waals surface area contributed by atoms with E-state index in [9.17, 15) is 0 Å². The van der Waals surface area contributed by atoms with Crippen LogP contribution >= 0.6 is 0 Å². The first-order valence-electron chi connectivity index (χ1n) is 7.62. The quantitative estimate of drug-likeness (QED) is 0.784. The minimum atomic E-state index is 0.492. The summed E-state index contributed by atoms with van der Waals surface area (Å²) in [6.07, 6.45) is 11.5. The van der Waals surface area contributed by atoms with Crippen LogP contribution in [0.25, 0.3) is 0 Å². The number of ether oxygens (including phenoxy) is 1. The highest BCUT2D eigenvalue weighted by Crippen LogP contribution is 2.18. The molecule has 0 aromatic carbocycles. The van der Waals surface area contributed by atoms with Gasteiger partial charge in [0, 0.05) is 38.0 Å². The Morgan fingerprint density at radius 1 is 1.58 bits per heavy atom. The molecule has 2 atom stereocenters. The van der Waals surface area contributed by atoms with Gasteiger partial charge in [-0.25, -0.2) is 4.98 Å². The smallest absolute Gasteiger partial charge is 0.110 e. The zero-order valence-corrected chi connectivity index (χ0v) is 12.3. The van der Waals surface area contributed by atoms with Crippen LogP contribution in [0.5, 0.6) is 0 Å². The molecule has 1 aromatic rings. The minimum absolute atomic E-state index is 0.492. The van der Waals surface area contributed by atoms with Crippen LogP contribution in [-0.2, 0) is 17.7 Å². The summed E-state index contributed by atoms with van der Waals surface area (Å²) >= 11 is 0. The van der Waals surface area contributed by atoms with E-state index in [1.54, 1.807) is 0 Å². The standard InChI is InChI=1S/C15H27N3O/c1-3-9-18-10-8-17-15(18)12-13(16-2)6-7-14-5-4-11-19-14/h8,10,13-14,16H,3-7,9,11-12H2,1-2H3. The van der Waals surface area contributed by atoms with Gasteiger partial charge in [0.15, 0.2) is 0 Å². The molecule has 4 heteroatoms. The lowest BCUT2D eigenvalue weighted by Crippen LogP contribution is -2.30. The van der Waals surface area contributed by atoms with Gasteiger partial charge in [-0.05, 0) is 39.2 Å². The van der Waals surface area contributed by atoms with Crippen molar-refractivity contribution in [2.24, 2.45) is 0 Å². The van der Waals surface area contributed by atoms with Crippen molar-refractivity contribution < 1.29 is 4.74 Å². The lowest BCUT2D eigenvalue weighted by Gasteiger charge is -2.18. The van der Waals surface area contributed by atoms with Crippen LogP contribution in [0.1, 0.15) is 44.9 Å². The number of hydrogen-bond donors (Lipinski definition) is 1. The van der Waals surface area contributed by atoms with Gasteiger partial charge in [0.2, 0.25) is 0 Å². The molecule has 0 aliphatic carbocycles. The molecule has 2 rings (SSSR count). The highest BCUT2D eigenvalue weighted by Gasteiger charge is 2.18. The summed E-state index contributed by atoms with van der Waals surface area (Å²) in [7, 11) is 2.05. The van der Waals surface area contributed by atoms with Crippen LogP contribution in [0, 0.1) is 0 Å². The predicted octanol–water partition coefficient (Wildman–Crippen LogP) is 2.38. The van der Waals surface area contributed by atoms with Gasteiger partial charge in [0.05, 0.1) is 6.10 Å². The van der Waals surface area contributed by atoms with E-state index in [0.29, 0.717) is 12.1 Å². The van der Waals surface area contributed by atoms with Crippen molar-refractivity contribution in [2.45, 2.75) is 64.1 Å². The molecule has 1 aromatic heterocycles. The Balaban J connectivity index is 1.81. The molecule has 0 saturated carbocycles. The van der Waals surface area contributed by atoms with E-state index in [4.69, 9.17) is 4.74 Å². The van der Waals surface area contributed by atoms with E-state index in [2.05, 4.69) is 28.0 Å². The zero-order chi connectivity index (χ0) is 13.5. The van der Waals surface area contributed by atoms with Crippen LogP contribution in [0.4, 0.5) is 0 Å². The Labute approximate surface area is 116 Å². The molecule has 108 valence electrons. The maximum Gasteiger partial charge on any atom is 0.110 e. The van der Waals surface area contributed by atoms with Crippen molar-refractivity contribution in [3.05, 3.63) is 18.2 Å². The second kappa shape index (κ2) is 7.65. The SMILES string of the molecule is CCCn1ccnc1CC(CCC1CCCO1)NC. The Hall–Kier alpha value is -0.870. The Bertz CT molecular complexity index is 358. The van der Waals surface area contributed by atoms with Crippen molar-refractivity contribution in [3.63, 3.8) is 0 Å². The van der Waals surface area contributed by atoms with Gasteiger partial charge < -0.3 is 14.6 Å². The van der Waals surface area contributed by atoms with Gasteiger partial charge in [-0.1, -0.05) is 6.92 Å². The van der Waals surface area contributed by atoms with Crippen LogP contribution < -0.4 is 5.32 Å². The molecule has 1 N–H and O–H groups in total. The van der Waals surface area contributed by atoms with E-state index < -0.39 is 0 Å². The molecule has 2 heterocycles. The fourth-order valence-corrected chi connectivity index (χ4v) is 2.80. The third-order valence-electron chi connectivity index (χ3n) is 3.96. The number of likely N-dealkylation sites (N-methyl/N-ethyl adjacent to an activating group) is 1. The largest absolute Gasteiger partial charge is 0.378 e. The van der Waals surface area contributed by atoms with Crippen molar-refractivity contribution >= 4 is 0 Å². The van der Waals surface area contributed by atoms with Crippen LogP contribution in [0.15, 0.2) is 12.4 Å². The van der Waals surface area contributed by atoms with Crippen molar-refractivity contribution in [2.75, 3.05) is 13.7 Å². The summed E-state index contributed by atoms with van der Waals surface area (Å²) in [5.41, 5.74) is 0.